The van der Waals surface area contributed by atoms with E-state index in [-0.39, 0.29) is 5.54 Å². The third-order valence-electron chi connectivity index (χ3n) is 4.56. The predicted molar refractivity (Wildman–Crippen MR) is 80.3 cm³/mol. The zero-order chi connectivity index (χ0) is 13.7. The highest BCUT2D eigenvalue weighted by atomic mass is 15.2. The SMILES string of the molecule is CNC(Cc1ccncc1)C(C)(C)N1CCCCC1. The summed E-state index contributed by atoms with van der Waals surface area (Å²) in [6.07, 6.45) is 8.90. The van der Waals surface area contributed by atoms with Crippen LogP contribution in [0.1, 0.15) is 38.7 Å². The van der Waals surface area contributed by atoms with Crippen molar-refractivity contribution in [3.63, 3.8) is 0 Å². The molecule has 0 aromatic carbocycles. The molecular weight excluding hydrogens is 234 g/mol. The Morgan fingerprint density at radius 2 is 1.84 bits per heavy atom. The summed E-state index contributed by atoms with van der Waals surface area (Å²) in [5.74, 6) is 0. The molecule has 1 unspecified atom stereocenters. The number of likely N-dealkylation sites (N-methyl/N-ethyl adjacent to an activating group) is 1. The van der Waals surface area contributed by atoms with E-state index in [0.29, 0.717) is 6.04 Å². The molecule has 0 aliphatic carbocycles. The van der Waals surface area contributed by atoms with Crippen molar-refractivity contribution in [3.05, 3.63) is 30.1 Å². The van der Waals surface area contributed by atoms with Gasteiger partial charge in [-0.1, -0.05) is 6.42 Å². The second kappa shape index (κ2) is 6.49. The van der Waals surface area contributed by atoms with Gasteiger partial charge in [0, 0.05) is 24.0 Å². The molecule has 0 bridgehead atoms. The van der Waals surface area contributed by atoms with Gasteiger partial charge in [0.15, 0.2) is 0 Å². The van der Waals surface area contributed by atoms with Crippen LogP contribution in [0, 0.1) is 0 Å². The lowest BCUT2D eigenvalue weighted by atomic mass is 9.86. The third kappa shape index (κ3) is 3.54. The standard InChI is InChI=1S/C16H27N3/c1-16(2,19-11-5-4-6-12-19)15(17-3)13-14-7-9-18-10-8-14/h7-10,15,17H,4-6,11-13H2,1-3H3. The van der Waals surface area contributed by atoms with Gasteiger partial charge in [-0.15, -0.1) is 0 Å². The number of hydrogen-bond acceptors (Lipinski definition) is 3. The maximum absolute atomic E-state index is 4.10. The lowest BCUT2D eigenvalue weighted by molar-refractivity contribution is 0.0635. The molecule has 0 amide bonds. The average Bonchev–Trinajstić information content (AvgIpc) is 2.46. The molecule has 1 aliphatic heterocycles. The Bertz CT molecular complexity index is 369. The minimum Gasteiger partial charge on any atom is -0.315 e. The maximum Gasteiger partial charge on any atom is 0.0309 e. The van der Waals surface area contributed by atoms with E-state index in [1.165, 1.54) is 37.9 Å². The van der Waals surface area contributed by atoms with Crippen LogP contribution in [-0.2, 0) is 6.42 Å². The first kappa shape index (κ1) is 14.5. The smallest absolute Gasteiger partial charge is 0.0309 e. The first-order chi connectivity index (χ1) is 9.14. The Labute approximate surface area is 117 Å². The van der Waals surface area contributed by atoms with Crippen molar-refractivity contribution in [2.24, 2.45) is 0 Å². The van der Waals surface area contributed by atoms with Crippen molar-refractivity contribution in [2.45, 2.75) is 51.1 Å². The molecule has 19 heavy (non-hydrogen) atoms. The molecule has 1 aliphatic rings. The molecule has 1 saturated heterocycles. The Balaban J connectivity index is 2.06. The summed E-state index contributed by atoms with van der Waals surface area (Å²) in [7, 11) is 2.08. The van der Waals surface area contributed by atoms with Crippen LogP contribution in [0.5, 0.6) is 0 Å². The summed E-state index contributed by atoms with van der Waals surface area (Å²) in [5, 5.41) is 3.53. The number of piperidine rings is 1. The first-order valence-corrected chi connectivity index (χ1v) is 7.46. The van der Waals surface area contributed by atoms with Crippen LogP contribution >= 0.6 is 0 Å². The van der Waals surface area contributed by atoms with Crippen LogP contribution in [0.3, 0.4) is 0 Å². The molecule has 1 N–H and O–H groups in total. The number of likely N-dealkylation sites (tertiary alicyclic amines) is 1. The van der Waals surface area contributed by atoms with E-state index in [1.54, 1.807) is 0 Å². The lowest BCUT2D eigenvalue weighted by Gasteiger charge is -2.46. The second-order valence-electron chi connectivity index (χ2n) is 6.10. The van der Waals surface area contributed by atoms with Gasteiger partial charge in [-0.25, -0.2) is 0 Å². The van der Waals surface area contributed by atoms with Gasteiger partial charge in [0.25, 0.3) is 0 Å². The van der Waals surface area contributed by atoms with Crippen molar-refractivity contribution >= 4 is 0 Å². The number of pyridine rings is 1. The minimum atomic E-state index is 0.193. The van der Waals surface area contributed by atoms with Gasteiger partial charge in [-0.05, 0) is 70.9 Å². The van der Waals surface area contributed by atoms with Gasteiger partial charge in [0.1, 0.15) is 0 Å². The van der Waals surface area contributed by atoms with Gasteiger partial charge in [0.2, 0.25) is 0 Å². The minimum absolute atomic E-state index is 0.193. The molecule has 1 fully saturated rings. The fourth-order valence-corrected chi connectivity index (χ4v) is 3.15. The Kier molecular flexibility index (Phi) is 4.94. The van der Waals surface area contributed by atoms with Crippen molar-refractivity contribution in [3.8, 4) is 0 Å². The summed E-state index contributed by atoms with van der Waals surface area (Å²) in [6.45, 7) is 7.23. The van der Waals surface area contributed by atoms with Gasteiger partial charge in [-0.3, -0.25) is 9.88 Å². The van der Waals surface area contributed by atoms with E-state index in [9.17, 15) is 0 Å². The second-order valence-corrected chi connectivity index (χ2v) is 6.10. The fraction of sp³-hybridized carbons (Fsp3) is 0.688. The van der Waals surface area contributed by atoms with E-state index in [1.807, 2.05) is 12.4 Å². The van der Waals surface area contributed by atoms with E-state index in [4.69, 9.17) is 0 Å². The Morgan fingerprint density at radius 3 is 2.42 bits per heavy atom. The molecule has 1 atom stereocenters. The highest BCUT2D eigenvalue weighted by Crippen LogP contribution is 2.25. The van der Waals surface area contributed by atoms with Gasteiger partial charge >= 0.3 is 0 Å². The van der Waals surface area contributed by atoms with Crippen LogP contribution < -0.4 is 5.32 Å². The van der Waals surface area contributed by atoms with Crippen LogP contribution in [-0.4, -0.2) is 41.6 Å². The number of nitrogens with one attached hydrogen (secondary N) is 1. The van der Waals surface area contributed by atoms with E-state index >= 15 is 0 Å². The lowest BCUT2D eigenvalue weighted by Crippen LogP contribution is -2.59. The predicted octanol–water partition coefficient (Wildman–Crippen LogP) is 2.48. The fourth-order valence-electron chi connectivity index (χ4n) is 3.15. The van der Waals surface area contributed by atoms with Crippen LogP contribution in [0.2, 0.25) is 0 Å². The largest absolute Gasteiger partial charge is 0.315 e. The number of aromatic nitrogens is 1. The molecule has 0 saturated carbocycles. The number of hydrogen-bond donors (Lipinski definition) is 1. The third-order valence-corrected chi connectivity index (χ3v) is 4.56. The van der Waals surface area contributed by atoms with E-state index < -0.39 is 0 Å². The summed E-state index contributed by atoms with van der Waals surface area (Å²) >= 11 is 0. The van der Waals surface area contributed by atoms with Crippen molar-refractivity contribution < 1.29 is 0 Å². The molecule has 0 spiro atoms. The average molecular weight is 261 g/mol. The van der Waals surface area contributed by atoms with Crippen molar-refractivity contribution in [1.29, 1.82) is 0 Å². The molecule has 3 heteroatoms. The van der Waals surface area contributed by atoms with Gasteiger partial charge in [0.05, 0.1) is 0 Å². The molecule has 106 valence electrons. The molecule has 2 rings (SSSR count). The molecule has 0 radical (unpaired) electrons. The van der Waals surface area contributed by atoms with Gasteiger partial charge in [-0.2, -0.15) is 0 Å². The number of nitrogens with zero attached hydrogens (tertiary/aromatic N) is 2. The topological polar surface area (TPSA) is 28.2 Å². The van der Waals surface area contributed by atoms with Crippen molar-refractivity contribution in [1.82, 2.24) is 15.2 Å². The summed E-state index contributed by atoms with van der Waals surface area (Å²) in [6, 6.07) is 4.71. The first-order valence-electron chi connectivity index (χ1n) is 7.46. The zero-order valence-electron chi connectivity index (χ0n) is 12.5. The van der Waals surface area contributed by atoms with Crippen LogP contribution in [0.15, 0.2) is 24.5 Å². The molecule has 2 heterocycles. The summed E-state index contributed by atoms with van der Waals surface area (Å²) in [4.78, 5) is 6.75. The molecule has 3 nitrogen and oxygen atoms in total. The Hall–Kier alpha value is -0.930. The quantitative estimate of drug-likeness (QED) is 0.882. The summed E-state index contributed by atoms with van der Waals surface area (Å²) < 4.78 is 0. The molecular formula is C16H27N3. The maximum atomic E-state index is 4.10. The Morgan fingerprint density at radius 1 is 1.21 bits per heavy atom. The van der Waals surface area contributed by atoms with Crippen molar-refractivity contribution in [2.75, 3.05) is 20.1 Å². The highest BCUT2D eigenvalue weighted by Gasteiger charge is 2.34. The highest BCUT2D eigenvalue weighted by molar-refractivity contribution is 5.13. The monoisotopic (exact) mass is 261 g/mol. The van der Waals surface area contributed by atoms with Crippen LogP contribution in [0.4, 0.5) is 0 Å². The van der Waals surface area contributed by atoms with Crippen LogP contribution in [0.25, 0.3) is 0 Å². The number of rotatable bonds is 5. The van der Waals surface area contributed by atoms with Gasteiger partial charge < -0.3 is 5.32 Å². The van der Waals surface area contributed by atoms with E-state index in [0.717, 1.165) is 6.42 Å². The molecule has 1 aromatic heterocycles. The zero-order valence-corrected chi connectivity index (χ0v) is 12.5. The van der Waals surface area contributed by atoms with E-state index in [2.05, 4.69) is 48.2 Å². The normalized spacial score (nSPS) is 19.3. The summed E-state index contributed by atoms with van der Waals surface area (Å²) in [5.41, 5.74) is 1.55. The molecule has 1 aromatic rings.